The summed E-state index contributed by atoms with van der Waals surface area (Å²) in [4.78, 5) is 11.8. The van der Waals surface area contributed by atoms with E-state index in [-0.39, 0.29) is 22.5 Å². The first kappa shape index (κ1) is 16.9. The normalized spacial score (nSPS) is 23.3. The Labute approximate surface area is 131 Å². The summed E-state index contributed by atoms with van der Waals surface area (Å²) in [6, 6.07) is 4.53. The van der Waals surface area contributed by atoms with Crippen LogP contribution in [0.5, 0.6) is 0 Å². The number of carbonyl (C=O) groups is 1. The molecule has 0 saturated carbocycles. The van der Waals surface area contributed by atoms with Crippen LogP contribution in [-0.4, -0.2) is 51.0 Å². The molecule has 1 aliphatic heterocycles. The third-order valence-electron chi connectivity index (χ3n) is 4.17. The maximum Gasteiger partial charge on any atom is 0.337 e. The number of ether oxygens (including phenoxy) is 1. The molecule has 6 nitrogen and oxygen atoms in total. The zero-order valence-electron chi connectivity index (χ0n) is 13.3. The third kappa shape index (κ3) is 3.02. The molecule has 2 unspecified atom stereocenters. The van der Waals surface area contributed by atoms with Crippen molar-refractivity contribution in [1.82, 2.24) is 9.62 Å². The van der Waals surface area contributed by atoms with Crippen LogP contribution in [0.15, 0.2) is 23.1 Å². The highest BCUT2D eigenvalue weighted by molar-refractivity contribution is 7.89. The molecule has 1 aliphatic rings. The SMILES string of the molecule is COC(=O)c1ccc(C)c(S(=O)(=O)N2CCNC(C)C2C)c1. The number of piperazine rings is 1. The summed E-state index contributed by atoms with van der Waals surface area (Å²) >= 11 is 0. The largest absolute Gasteiger partial charge is 0.465 e. The molecule has 0 spiro atoms. The van der Waals surface area contributed by atoms with Gasteiger partial charge in [-0.05, 0) is 38.5 Å². The van der Waals surface area contributed by atoms with Gasteiger partial charge in [0.25, 0.3) is 0 Å². The fourth-order valence-electron chi connectivity index (χ4n) is 2.61. The predicted molar refractivity (Wildman–Crippen MR) is 83.3 cm³/mol. The van der Waals surface area contributed by atoms with Gasteiger partial charge in [-0.1, -0.05) is 6.07 Å². The van der Waals surface area contributed by atoms with Crippen molar-refractivity contribution in [2.24, 2.45) is 0 Å². The first-order chi connectivity index (χ1) is 10.3. The molecule has 0 aromatic heterocycles. The number of carbonyl (C=O) groups excluding carboxylic acids is 1. The van der Waals surface area contributed by atoms with Crippen LogP contribution < -0.4 is 5.32 Å². The van der Waals surface area contributed by atoms with E-state index in [9.17, 15) is 13.2 Å². The van der Waals surface area contributed by atoms with E-state index in [1.165, 1.54) is 17.5 Å². The van der Waals surface area contributed by atoms with Crippen LogP contribution in [0.2, 0.25) is 0 Å². The third-order valence-corrected chi connectivity index (χ3v) is 6.30. The van der Waals surface area contributed by atoms with Crippen LogP contribution in [0.4, 0.5) is 0 Å². The lowest BCUT2D eigenvalue weighted by Gasteiger charge is -2.37. The lowest BCUT2D eigenvalue weighted by molar-refractivity contribution is 0.0600. The van der Waals surface area contributed by atoms with Crippen molar-refractivity contribution >= 4 is 16.0 Å². The van der Waals surface area contributed by atoms with Crippen molar-refractivity contribution in [3.8, 4) is 0 Å². The van der Waals surface area contributed by atoms with Gasteiger partial charge >= 0.3 is 5.97 Å². The number of sulfonamides is 1. The highest BCUT2D eigenvalue weighted by atomic mass is 32.2. The first-order valence-electron chi connectivity index (χ1n) is 7.23. The molecule has 1 aromatic rings. The van der Waals surface area contributed by atoms with Gasteiger partial charge in [-0.15, -0.1) is 0 Å². The Morgan fingerprint density at radius 2 is 2.05 bits per heavy atom. The monoisotopic (exact) mass is 326 g/mol. The van der Waals surface area contributed by atoms with Gasteiger partial charge in [-0.25, -0.2) is 13.2 Å². The summed E-state index contributed by atoms with van der Waals surface area (Å²) in [6.07, 6.45) is 0. The van der Waals surface area contributed by atoms with Gasteiger partial charge in [0.1, 0.15) is 0 Å². The molecule has 1 heterocycles. The topological polar surface area (TPSA) is 75.7 Å². The van der Waals surface area contributed by atoms with Crippen LogP contribution in [0.1, 0.15) is 29.8 Å². The lowest BCUT2D eigenvalue weighted by Crippen LogP contribution is -2.57. The number of hydrogen-bond donors (Lipinski definition) is 1. The number of nitrogens with one attached hydrogen (secondary N) is 1. The second kappa shape index (κ2) is 6.36. The van der Waals surface area contributed by atoms with E-state index >= 15 is 0 Å². The molecule has 1 saturated heterocycles. The quantitative estimate of drug-likeness (QED) is 0.844. The second-order valence-corrected chi connectivity index (χ2v) is 7.43. The molecule has 2 atom stereocenters. The molecule has 0 radical (unpaired) electrons. The van der Waals surface area contributed by atoms with Crippen molar-refractivity contribution in [2.45, 2.75) is 37.8 Å². The lowest BCUT2D eigenvalue weighted by atomic mass is 10.1. The van der Waals surface area contributed by atoms with E-state index in [0.29, 0.717) is 18.7 Å². The van der Waals surface area contributed by atoms with Gasteiger partial charge in [0.05, 0.1) is 17.6 Å². The Hall–Kier alpha value is -1.44. The van der Waals surface area contributed by atoms with Crippen LogP contribution in [0.25, 0.3) is 0 Å². The zero-order chi connectivity index (χ0) is 16.5. The van der Waals surface area contributed by atoms with Crippen molar-refractivity contribution in [3.05, 3.63) is 29.3 Å². The van der Waals surface area contributed by atoms with Gasteiger partial charge in [0, 0.05) is 25.2 Å². The molecule has 122 valence electrons. The Morgan fingerprint density at radius 3 is 2.68 bits per heavy atom. The average molecular weight is 326 g/mol. The number of benzene rings is 1. The van der Waals surface area contributed by atoms with Crippen molar-refractivity contribution in [2.75, 3.05) is 20.2 Å². The number of hydrogen-bond acceptors (Lipinski definition) is 5. The fraction of sp³-hybridized carbons (Fsp3) is 0.533. The Bertz CT molecular complexity index is 672. The minimum Gasteiger partial charge on any atom is -0.465 e. The first-order valence-corrected chi connectivity index (χ1v) is 8.67. The van der Waals surface area contributed by atoms with Crippen LogP contribution in [-0.2, 0) is 14.8 Å². The molecule has 0 bridgehead atoms. The predicted octanol–water partition coefficient (Wildman–Crippen LogP) is 1.15. The van der Waals surface area contributed by atoms with Gasteiger partial charge in [-0.3, -0.25) is 0 Å². The van der Waals surface area contributed by atoms with E-state index in [1.807, 2.05) is 13.8 Å². The minimum absolute atomic E-state index is 0.0765. The van der Waals surface area contributed by atoms with E-state index in [1.54, 1.807) is 19.1 Å². The van der Waals surface area contributed by atoms with Gasteiger partial charge in [0.2, 0.25) is 10.0 Å². The van der Waals surface area contributed by atoms with E-state index < -0.39 is 16.0 Å². The van der Waals surface area contributed by atoms with Crippen LogP contribution in [0, 0.1) is 6.92 Å². The smallest absolute Gasteiger partial charge is 0.337 e. The molecule has 1 aromatic carbocycles. The Morgan fingerprint density at radius 1 is 1.36 bits per heavy atom. The number of rotatable bonds is 3. The molecule has 0 aliphatic carbocycles. The summed E-state index contributed by atoms with van der Waals surface area (Å²) in [7, 11) is -2.38. The van der Waals surface area contributed by atoms with Gasteiger partial charge in [0.15, 0.2) is 0 Å². The Kier molecular flexibility index (Phi) is 4.89. The molecule has 1 fully saturated rings. The van der Waals surface area contributed by atoms with Crippen molar-refractivity contribution < 1.29 is 17.9 Å². The van der Waals surface area contributed by atoms with E-state index in [2.05, 4.69) is 10.1 Å². The molecule has 22 heavy (non-hydrogen) atoms. The number of nitrogens with zero attached hydrogens (tertiary/aromatic N) is 1. The maximum atomic E-state index is 13.0. The molecular formula is C15H22N2O4S. The summed E-state index contributed by atoms with van der Waals surface area (Å²) in [5, 5.41) is 3.26. The maximum absolute atomic E-state index is 13.0. The molecule has 1 N–H and O–H groups in total. The second-order valence-electron chi connectivity index (χ2n) is 5.57. The molecule has 0 amide bonds. The summed E-state index contributed by atoms with van der Waals surface area (Å²) in [5.41, 5.74) is 0.855. The standard InChI is InChI=1S/C15H22N2O4S/c1-10-5-6-13(15(18)21-4)9-14(10)22(19,20)17-8-7-16-11(2)12(17)3/h5-6,9,11-12,16H,7-8H2,1-4H3. The number of esters is 1. The highest BCUT2D eigenvalue weighted by Crippen LogP contribution is 2.25. The van der Waals surface area contributed by atoms with Crippen molar-refractivity contribution in [3.63, 3.8) is 0 Å². The van der Waals surface area contributed by atoms with E-state index in [0.717, 1.165) is 0 Å². The summed E-state index contributed by atoms with van der Waals surface area (Å²) in [6.45, 7) is 6.60. The summed E-state index contributed by atoms with van der Waals surface area (Å²) < 4.78 is 32.1. The fourth-order valence-corrected chi connectivity index (χ4v) is 4.57. The Balaban J connectivity index is 2.47. The number of methoxy groups -OCH3 is 1. The van der Waals surface area contributed by atoms with Crippen LogP contribution in [0.3, 0.4) is 0 Å². The molecular weight excluding hydrogens is 304 g/mol. The van der Waals surface area contributed by atoms with E-state index in [4.69, 9.17) is 0 Å². The highest BCUT2D eigenvalue weighted by Gasteiger charge is 2.35. The van der Waals surface area contributed by atoms with Crippen molar-refractivity contribution in [1.29, 1.82) is 0 Å². The molecule has 7 heteroatoms. The van der Waals surface area contributed by atoms with Gasteiger partial charge in [-0.2, -0.15) is 4.31 Å². The number of aryl methyl sites for hydroxylation is 1. The molecule has 2 rings (SSSR count). The van der Waals surface area contributed by atoms with Gasteiger partial charge < -0.3 is 10.1 Å². The summed E-state index contributed by atoms with van der Waals surface area (Å²) in [5.74, 6) is -0.543. The van der Waals surface area contributed by atoms with Crippen LogP contribution >= 0.6 is 0 Å². The zero-order valence-corrected chi connectivity index (χ0v) is 14.1. The average Bonchev–Trinajstić information content (AvgIpc) is 2.49. The minimum atomic E-state index is -3.65.